The van der Waals surface area contributed by atoms with Crippen molar-refractivity contribution in [2.24, 2.45) is 5.92 Å². The van der Waals surface area contributed by atoms with Crippen LogP contribution in [0.3, 0.4) is 0 Å². The highest BCUT2D eigenvalue weighted by Gasteiger charge is 2.23. The number of carbonyl (C=O) groups excluding carboxylic acids is 1. The summed E-state index contributed by atoms with van der Waals surface area (Å²) in [5.74, 6) is 1.83. The minimum atomic E-state index is -0.0135. The Morgan fingerprint density at radius 3 is 3.07 bits per heavy atom. The van der Waals surface area contributed by atoms with Crippen LogP contribution in [0.1, 0.15) is 29.3 Å². The average Bonchev–Trinajstić information content (AvgIpc) is 3.08. The van der Waals surface area contributed by atoms with Crippen LogP contribution in [0.4, 0.5) is 0 Å². The highest BCUT2D eigenvalue weighted by molar-refractivity contribution is 8.00. The number of methoxy groups -OCH3 is 1. The van der Waals surface area contributed by atoms with Gasteiger partial charge in [0.1, 0.15) is 21.9 Å². The Kier molecular flexibility index (Phi) is 5.82. The summed E-state index contributed by atoms with van der Waals surface area (Å²) in [5, 5.41) is 5.06. The van der Waals surface area contributed by atoms with Crippen LogP contribution >= 0.6 is 23.1 Å². The minimum Gasteiger partial charge on any atom is -0.496 e. The van der Waals surface area contributed by atoms with E-state index in [9.17, 15) is 4.79 Å². The second-order valence-corrected chi connectivity index (χ2v) is 9.14. The Bertz CT molecular complexity index is 1000. The van der Waals surface area contributed by atoms with Gasteiger partial charge < -0.3 is 10.1 Å². The van der Waals surface area contributed by atoms with Crippen molar-refractivity contribution in [1.29, 1.82) is 0 Å². The number of benzene rings is 1. The van der Waals surface area contributed by atoms with Gasteiger partial charge in [0.2, 0.25) is 5.91 Å². The second kappa shape index (κ2) is 8.49. The molecule has 3 aromatic rings. The van der Waals surface area contributed by atoms with E-state index in [4.69, 9.17) is 4.74 Å². The first-order chi connectivity index (χ1) is 13.7. The van der Waals surface area contributed by atoms with E-state index in [1.54, 1.807) is 24.8 Å². The first-order valence-corrected chi connectivity index (χ1v) is 11.2. The topological polar surface area (TPSA) is 64.1 Å². The molecule has 1 amide bonds. The number of para-hydroxylation sites is 1. The summed E-state index contributed by atoms with van der Waals surface area (Å²) >= 11 is 3.28. The molecule has 0 saturated heterocycles. The van der Waals surface area contributed by atoms with Crippen molar-refractivity contribution in [3.05, 3.63) is 46.6 Å². The van der Waals surface area contributed by atoms with E-state index in [0.29, 0.717) is 12.3 Å². The summed E-state index contributed by atoms with van der Waals surface area (Å²) in [6.07, 6.45) is 5.03. The van der Waals surface area contributed by atoms with Crippen LogP contribution in [-0.4, -0.2) is 28.7 Å². The molecule has 0 bridgehead atoms. The van der Waals surface area contributed by atoms with Gasteiger partial charge in [-0.1, -0.05) is 36.9 Å². The van der Waals surface area contributed by atoms with Gasteiger partial charge in [-0.05, 0) is 36.8 Å². The van der Waals surface area contributed by atoms with E-state index >= 15 is 0 Å². The van der Waals surface area contributed by atoms with Crippen LogP contribution in [0.2, 0.25) is 0 Å². The lowest BCUT2D eigenvalue weighted by atomic mass is 9.89. The molecule has 28 heavy (non-hydrogen) atoms. The monoisotopic (exact) mass is 413 g/mol. The summed E-state index contributed by atoms with van der Waals surface area (Å²) in [5.41, 5.74) is 2.37. The Hall–Kier alpha value is -2.12. The van der Waals surface area contributed by atoms with E-state index in [2.05, 4.69) is 22.2 Å². The van der Waals surface area contributed by atoms with E-state index in [-0.39, 0.29) is 5.91 Å². The van der Waals surface area contributed by atoms with Crippen molar-refractivity contribution in [2.75, 3.05) is 12.9 Å². The summed E-state index contributed by atoms with van der Waals surface area (Å²) in [7, 11) is 1.64. The van der Waals surface area contributed by atoms with Crippen molar-refractivity contribution in [3.63, 3.8) is 0 Å². The number of aryl methyl sites for hydroxylation is 1. The molecule has 146 valence electrons. The number of hydrogen-bond acceptors (Lipinski definition) is 6. The van der Waals surface area contributed by atoms with Gasteiger partial charge in [0, 0.05) is 22.4 Å². The van der Waals surface area contributed by atoms with Crippen LogP contribution < -0.4 is 10.1 Å². The number of aromatic nitrogens is 2. The summed E-state index contributed by atoms with van der Waals surface area (Å²) in [6.45, 7) is 2.76. The summed E-state index contributed by atoms with van der Waals surface area (Å²) < 4.78 is 5.33. The number of carbonyl (C=O) groups is 1. The third kappa shape index (κ3) is 4.00. The van der Waals surface area contributed by atoms with Crippen molar-refractivity contribution >= 4 is 39.2 Å². The van der Waals surface area contributed by atoms with E-state index in [1.165, 1.54) is 28.6 Å². The largest absolute Gasteiger partial charge is 0.496 e. The number of fused-ring (bicyclic) bond motifs is 3. The van der Waals surface area contributed by atoms with Crippen LogP contribution in [0.5, 0.6) is 5.75 Å². The number of ether oxygens (including phenoxy) is 1. The zero-order valence-electron chi connectivity index (χ0n) is 16.0. The SMILES string of the molecule is COc1ccccc1CNC(=O)CSc1ncnc2sc3c(c12)CCC(C)C3. The molecule has 1 atom stereocenters. The summed E-state index contributed by atoms with van der Waals surface area (Å²) in [6, 6.07) is 7.72. The van der Waals surface area contributed by atoms with E-state index < -0.39 is 0 Å². The van der Waals surface area contributed by atoms with Gasteiger partial charge in [-0.25, -0.2) is 9.97 Å². The van der Waals surface area contributed by atoms with Crippen LogP contribution in [0, 0.1) is 5.92 Å². The molecule has 1 aliphatic carbocycles. The van der Waals surface area contributed by atoms with Gasteiger partial charge in [-0.15, -0.1) is 11.3 Å². The van der Waals surface area contributed by atoms with Crippen LogP contribution in [0.15, 0.2) is 35.6 Å². The summed E-state index contributed by atoms with van der Waals surface area (Å²) in [4.78, 5) is 23.8. The van der Waals surface area contributed by atoms with Crippen molar-refractivity contribution in [2.45, 2.75) is 37.8 Å². The van der Waals surface area contributed by atoms with Gasteiger partial charge in [-0.3, -0.25) is 4.79 Å². The minimum absolute atomic E-state index is 0.0135. The smallest absolute Gasteiger partial charge is 0.230 e. The van der Waals surface area contributed by atoms with Gasteiger partial charge in [-0.2, -0.15) is 0 Å². The molecule has 4 rings (SSSR count). The van der Waals surface area contributed by atoms with Gasteiger partial charge >= 0.3 is 0 Å². The number of nitrogens with one attached hydrogen (secondary N) is 1. The molecule has 0 radical (unpaired) electrons. The van der Waals surface area contributed by atoms with Gasteiger partial charge in [0.25, 0.3) is 0 Å². The average molecular weight is 414 g/mol. The lowest BCUT2D eigenvalue weighted by Gasteiger charge is -2.18. The Labute approximate surface area is 172 Å². The fourth-order valence-corrected chi connectivity index (χ4v) is 5.85. The Balaban J connectivity index is 1.43. The number of hydrogen-bond donors (Lipinski definition) is 1. The highest BCUT2D eigenvalue weighted by Crippen LogP contribution is 2.40. The molecule has 0 saturated carbocycles. The van der Waals surface area contributed by atoms with Crippen molar-refractivity contribution < 1.29 is 9.53 Å². The molecular formula is C21H23N3O2S2. The van der Waals surface area contributed by atoms with Crippen LogP contribution in [0.25, 0.3) is 10.2 Å². The molecule has 7 heteroatoms. The quantitative estimate of drug-likeness (QED) is 0.484. The number of nitrogens with zero attached hydrogens (tertiary/aromatic N) is 2. The molecule has 1 unspecified atom stereocenters. The third-order valence-corrected chi connectivity index (χ3v) is 7.22. The van der Waals surface area contributed by atoms with Gasteiger partial charge in [0.15, 0.2) is 0 Å². The standard InChI is InChI=1S/C21H23N3O2S2/c1-13-7-8-15-17(9-13)28-21-19(15)20(23-12-24-21)27-11-18(25)22-10-14-5-3-4-6-16(14)26-2/h3-6,12-13H,7-11H2,1-2H3,(H,22,25). The molecule has 1 aromatic carbocycles. The number of rotatable bonds is 6. The molecule has 1 N–H and O–H groups in total. The maximum absolute atomic E-state index is 12.4. The third-order valence-electron chi connectivity index (χ3n) is 5.07. The number of amides is 1. The Morgan fingerprint density at radius 2 is 2.21 bits per heavy atom. The number of thioether (sulfide) groups is 1. The second-order valence-electron chi connectivity index (χ2n) is 7.09. The lowest BCUT2D eigenvalue weighted by Crippen LogP contribution is -2.24. The van der Waals surface area contributed by atoms with E-state index in [1.807, 2.05) is 24.3 Å². The molecule has 2 aromatic heterocycles. The van der Waals surface area contributed by atoms with Gasteiger partial charge in [0.05, 0.1) is 12.9 Å². The molecule has 0 spiro atoms. The maximum Gasteiger partial charge on any atom is 0.230 e. The normalized spacial score (nSPS) is 16.0. The predicted molar refractivity (Wildman–Crippen MR) is 114 cm³/mol. The maximum atomic E-state index is 12.4. The highest BCUT2D eigenvalue weighted by atomic mass is 32.2. The van der Waals surface area contributed by atoms with Crippen molar-refractivity contribution in [1.82, 2.24) is 15.3 Å². The molecule has 0 fully saturated rings. The first kappa shape index (κ1) is 19.2. The molecule has 5 nitrogen and oxygen atoms in total. The van der Waals surface area contributed by atoms with E-state index in [0.717, 1.165) is 45.3 Å². The predicted octanol–water partition coefficient (Wildman–Crippen LogP) is 4.23. The molecule has 1 aliphatic rings. The molecular weight excluding hydrogens is 390 g/mol. The number of thiophene rings is 1. The van der Waals surface area contributed by atoms with Crippen molar-refractivity contribution in [3.8, 4) is 5.75 Å². The Morgan fingerprint density at radius 1 is 1.36 bits per heavy atom. The zero-order chi connectivity index (χ0) is 19.5. The fourth-order valence-electron chi connectivity index (χ4n) is 3.58. The first-order valence-electron chi connectivity index (χ1n) is 9.42. The zero-order valence-corrected chi connectivity index (χ0v) is 17.7. The molecule has 0 aliphatic heterocycles. The lowest BCUT2D eigenvalue weighted by molar-refractivity contribution is -0.118. The molecule has 2 heterocycles. The van der Waals surface area contributed by atoms with Crippen LogP contribution in [-0.2, 0) is 24.2 Å². The fraction of sp³-hybridized carbons (Fsp3) is 0.381.